The third kappa shape index (κ3) is 4.55. The number of amides is 1. The van der Waals surface area contributed by atoms with Crippen molar-refractivity contribution < 1.29 is 19.2 Å². The summed E-state index contributed by atoms with van der Waals surface area (Å²) in [6.07, 6.45) is 2.41. The number of nitrogens with two attached hydrogens (primary N) is 1. The van der Waals surface area contributed by atoms with Crippen molar-refractivity contribution in [2.75, 3.05) is 6.61 Å². The summed E-state index contributed by atoms with van der Waals surface area (Å²) >= 11 is 0. The van der Waals surface area contributed by atoms with Gasteiger partial charge in [-0.05, 0) is 30.7 Å². The van der Waals surface area contributed by atoms with Crippen molar-refractivity contribution in [1.82, 2.24) is 4.98 Å². The summed E-state index contributed by atoms with van der Waals surface area (Å²) in [6, 6.07) is 9.09. The highest BCUT2D eigenvalue weighted by Crippen LogP contribution is 2.33. The Bertz CT molecular complexity index is 900. The van der Waals surface area contributed by atoms with Crippen LogP contribution in [-0.4, -0.2) is 22.4 Å². The molecule has 1 heterocycles. The maximum atomic E-state index is 11.1. The molecule has 9 nitrogen and oxygen atoms in total. The van der Waals surface area contributed by atoms with Gasteiger partial charge in [0.25, 0.3) is 11.6 Å². The number of nitrogens with zero attached hydrogens (tertiary/aromatic N) is 3. The number of rotatable bonds is 7. The maximum absolute atomic E-state index is 11.1. The zero-order valence-electron chi connectivity index (χ0n) is 13.7. The number of carbonyl (C=O) groups excluding carboxylic acids is 1. The molecule has 0 saturated carbocycles. The quantitative estimate of drug-likeness (QED) is 0.348. The van der Waals surface area contributed by atoms with Gasteiger partial charge in [0.05, 0.1) is 11.5 Å². The lowest BCUT2D eigenvalue weighted by molar-refractivity contribution is -0.385. The first-order valence-corrected chi connectivity index (χ1v) is 7.41. The molecule has 0 saturated heterocycles. The molecule has 0 aliphatic rings. The molecule has 2 N–H and O–H groups in total. The summed E-state index contributed by atoms with van der Waals surface area (Å²) in [4.78, 5) is 25.1. The molecule has 0 atom stereocenters. The fourth-order valence-corrected chi connectivity index (χ4v) is 1.95. The molecule has 26 heavy (non-hydrogen) atoms. The summed E-state index contributed by atoms with van der Waals surface area (Å²) in [6.45, 7) is 2.12. The van der Waals surface area contributed by atoms with E-state index >= 15 is 0 Å². The number of aromatic nitrogens is 1. The zero-order valence-corrected chi connectivity index (χ0v) is 13.7. The van der Waals surface area contributed by atoms with Crippen molar-refractivity contribution in [2.24, 2.45) is 5.73 Å². The van der Waals surface area contributed by atoms with Crippen LogP contribution in [0.4, 0.5) is 5.69 Å². The van der Waals surface area contributed by atoms with E-state index in [1.54, 1.807) is 31.2 Å². The monoisotopic (exact) mass is 354 g/mol. The standard InChI is InChI=1S/C17H14N4O5/c1-2-25-15-8-11(7-12(9-18)17(19)22)3-5-14(15)26-16-6-4-13(10-20-16)21(23)24/h3-8,10H,2H2,1H3,(H2,19,22)/b12-7-. The van der Waals surface area contributed by atoms with Gasteiger partial charge in [-0.25, -0.2) is 4.98 Å². The Labute approximate surface area is 148 Å². The molecule has 0 radical (unpaired) electrons. The van der Waals surface area contributed by atoms with Crippen LogP contribution < -0.4 is 15.2 Å². The number of nitro groups is 1. The molecule has 2 rings (SSSR count). The van der Waals surface area contributed by atoms with Crippen molar-refractivity contribution in [3.8, 4) is 23.4 Å². The molecule has 0 fully saturated rings. The van der Waals surface area contributed by atoms with Crippen LogP contribution in [0.15, 0.2) is 42.1 Å². The molecule has 1 aromatic carbocycles. The number of ether oxygens (including phenoxy) is 2. The molecule has 0 unspecified atom stereocenters. The SMILES string of the molecule is CCOc1cc(/C=C(/C#N)C(N)=O)ccc1Oc1ccc([N+](=O)[O-])cn1. The zero-order chi connectivity index (χ0) is 19.1. The minimum Gasteiger partial charge on any atom is -0.490 e. The first-order chi connectivity index (χ1) is 12.4. The van der Waals surface area contributed by atoms with Gasteiger partial charge in [-0.3, -0.25) is 14.9 Å². The number of pyridine rings is 1. The van der Waals surface area contributed by atoms with Crippen LogP contribution in [0.5, 0.6) is 17.4 Å². The van der Waals surface area contributed by atoms with Crippen LogP contribution >= 0.6 is 0 Å². The van der Waals surface area contributed by atoms with Gasteiger partial charge in [0, 0.05) is 12.1 Å². The molecular weight excluding hydrogens is 340 g/mol. The fourth-order valence-electron chi connectivity index (χ4n) is 1.95. The van der Waals surface area contributed by atoms with Gasteiger partial charge < -0.3 is 15.2 Å². The second kappa shape index (κ2) is 8.25. The molecule has 132 valence electrons. The number of hydrogen-bond donors (Lipinski definition) is 1. The van der Waals surface area contributed by atoms with Crippen LogP contribution in [0.2, 0.25) is 0 Å². The van der Waals surface area contributed by atoms with Crippen molar-refractivity contribution in [3.63, 3.8) is 0 Å². The van der Waals surface area contributed by atoms with Crippen LogP contribution in [0.3, 0.4) is 0 Å². The minimum absolute atomic E-state index is 0.148. The van der Waals surface area contributed by atoms with Gasteiger partial charge in [-0.1, -0.05) is 6.07 Å². The highest BCUT2D eigenvalue weighted by Gasteiger charge is 2.11. The lowest BCUT2D eigenvalue weighted by atomic mass is 10.1. The molecule has 2 aromatic rings. The first-order valence-electron chi connectivity index (χ1n) is 7.41. The average molecular weight is 354 g/mol. The Morgan fingerprint density at radius 1 is 1.38 bits per heavy atom. The van der Waals surface area contributed by atoms with E-state index in [9.17, 15) is 14.9 Å². The van der Waals surface area contributed by atoms with E-state index in [1.165, 1.54) is 18.2 Å². The normalized spacial score (nSPS) is 10.7. The summed E-state index contributed by atoms with van der Waals surface area (Å²) in [7, 11) is 0. The lowest BCUT2D eigenvalue weighted by Crippen LogP contribution is -2.12. The van der Waals surface area contributed by atoms with Crippen LogP contribution in [-0.2, 0) is 4.79 Å². The summed E-state index contributed by atoms with van der Waals surface area (Å²) in [5.74, 6) is -0.0124. The third-order valence-corrected chi connectivity index (χ3v) is 3.11. The van der Waals surface area contributed by atoms with E-state index in [1.807, 2.05) is 0 Å². The van der Waals surface area contributed by atoms with Crippen molar-refractivity contribution in [3.05, 3.63) is 57.8 Å². The second-order valence-corrected chi connectivity index (χ2v) is 4.89. The highest BCUT2D eigenvalue weighted by atomic mass is 16.6. The van der Waals surface area contributed by atoms with E-state index < -0.39 is 10.8 Å². The number of benzene rings is 1. The Balaban J connectivity index is 2.32. The maximum Gasteiger partial charge on any atom is 0.287 e. The van der Waals surface area contributed by atoms with Gasteiger partial charge in [0.15, 0.2) is 11.5 Å². The van der Waals surface area contributed by atoms with Gasteiger partial charge >= 0.3 is 0 Å². The second-order valence-electron chi connectivity index (χ2n) is 4.89. The molecule has 1 aromatic heterocycles. The fraction of sp³-hybridized carbons (Fsp3) is 0.118. The van der Waals surface area contributed by atoms with E-state index in [-0.39, 0.29) is 17.1 Å². The van der Waals surface area contributed by atoms with E-state index in [4.69, 9.17) is 20.5 Å². The predicted molar refractivity (Wildman–Crippen MR) is 91.4 cm³/mol. The number of carbonyl (C=O) groups is 1. The Morgan fingerprint density at radius 2 is 2.15 bits per heavy atom. The first kappa shape index (κ1) is 18.4. The molecule has 0 bridgehead atoms. The third-order valence-electron chi connectivity index (χ3n) is 3.11. The molecule has 0 aliphatic carbocycles. The largest absolute Gasteiger partial charge is 0.490 e. The minimum atomic E-state index is -0.833. The number of hydrogen-bond acceptors (Lipinski definition) is 7. The smallest absolute Gasteiger partial charge is 0.287 e. The summed E-state index contributed by atoms with van der Waals surface area (Å²) < 4.78 is 11.1. The number of nitriles is 1. The topological polar surface area (TPSA) is 141 Å². The van der Waals surface area contributed by atoms with Gasteiger partial charge in [0.1, 0.15) is 17.8 Å². The molecule has 1 amide bonds. The van der Waals surface area contributed by atoms with Crippen LogP contribution in [0.1, 0.15) is 12.5 Å². The summed E-state index contributed by atoms with van der Waals surface area (Å²) in [5, 5.41) is 19.6. The predicted octanol–water partition coefficient (Wildman–Crippen LogP) is 2.57. The van der Waals surface area contributed by atoms with Crippen molar-refractivity contribution in [2.45, 2.75) is 6.92 Å². The highest BCUT2D eigenvalue weighted by molar-refractivity contribution is 6.00. The Morgan fingerprint density at radius 3 is 2.69 bits per heavy atom. The number of primary amides is 1. The van der Waals surface area contributed by atoms with Gasteiger partial charge in [0.2, 0.25) is 5.88 Å². The molecule has 9 heteroatoms. The summed E-state index contributed by atoms with van der Waals surface area (Å²) in [5.41, 5.74) is 5.29. The Hall–Kier alpha value is -3.93. The molecule has 0 spiro atoms. The molecule has 0 aliphatic heterocycles. The van der Waals surface area contributed by atoms with E-state index in [2.05, 4.69) is 4.98 Å². The van der Waals surface area contributed by atoms with Crippen LogP contribution in [0.25, 0.3) is 6.08 Å². The Kier molecular flexibility index (Phi) is 5.84. The molecular formula is C17H14N4O5. The van der Waals surface area contributed by atoms with Crippen LogP contribution in [0, 0.1) is 21.4 Å². The lowest BCUT2D eigenvalue weighted by Gasteiger charge is -2.11. The van der Waals surface area contributed by atoms with Gasteiger partial charge in [-0.2, -0.15) is 5.26 Å². The average Bonchev–Trinajstić information content (AvgIpc) is 2.62. The van der Waals surface area contributed by atoms with Gasteiger partial charge in [-0.15, -0.1) is 0 Å². The van der Waals surface area contributed by atoms with E-state index in [0.29, 0.717) is 23.7 Å². The van der Waals surface area contributed by atoms with Crippen molar-refractivity contribution in [1.29, 1.82) is 5.26 Å². The van der Waals surface area contributed by atoms with Crippen molar-refractivity contribution >= 4 is 17.7 Å². The van der Waals surface area contributed by atoms with E-state index in [0.717, 1.165) is 6.20 Å².